The summed E-state index contributed by atoms with van der Waals surface area (Å²) < 4.78 is 5.33. The van der Waals surface area contributed by atoms with E-state index in [9.17, 15) is 0 Å². The van der Waals surface area contributed by atoms with E-state index in [1.54, 1.807) is 7.11 Å². The lowest BCUT2D eigenvalue weighted by atomic mass is 9.80. The van der Waals surface area contributed by atoms with Crippen LogP contribution in [-0.2, 0) is 0 Å². The molecule has 2 rings (SSSR count). The fraction of sp³-hybridized carbons (Fsp3) is 0.692. The van der Waals surface area contributed by atoms with Crippen molar-refractivity contribution >= 4 is 11.6 Å². The fourth-order valence-electron chi connectivity index (χ4n) is 3.03. The molecule has 6 nitrogen and oxygen atoms in total. The third-order valence-corrected chi connectivity index (χ3v) is 3.66. The molecule has 1 fully saturated rings. The summed E-state index contributed by atoms with van der Waals surface area (Å²) in [4.78, 5) is 8.30. The highest BCUT2D eigenvalue weighted by Gasteiger charge is 2.25. The van der Waals surface area contributed by atoms with Crippen molar-refractivity contribution in [3.8, 4) is 5.75 Å². The molecule has 2 unspecified atom stereocenters. The molecule has 0 amide bonds. The largest absolute Gasteiger partial charge is 0.490 e. The number of rotatable bonds is 4. The van der Waals surface area contributed by atoms with Crippen molar-refractivity contribution in [2.24, 2.45) is 17.7 Å². The molecule has 1 saturated carbocycles. The summed E-state index contributed by atoms with van der Waals surface area (Å²) in [6.45, 7) is 4.60. The smallest absolute Gasteiger partial charge is 0.205 e. The third kappa shape index (κ3) is 3.26. The molecule has 1 aliphatic rings. The Bertz CT molecular complexity index is 415. The average Bonchev–Trinajstić information content (AvgIpc) is 2.37. The number of hydrogen-bond acceptors (Lipinski definition) is 6. The van der Waals surface area contributed by atoms with E-state index in [0.29, 0.717) is 23.4 Å². The molecule has 0 aromatic carbocycles. The maximum atomic E-state index is 5.42. The minimum absolute atomic E-state index is 0.424. The molecule has 106 valence electrons. The number of nitrogen functional groups attached to an aromatic ring is 1. The lowest BCUT2D eigenvalue weighted by Crippen LogP contribution is -2.30. The normalized spacial score (nSPS) is 26.8. The number of anilines is 2. The van der Waals surface area contributed by atoms with Gasteiger partial charge in [0.15, 0.2) is 11.6 Å². The summed E-state index contributed by atoms with van der Waals surface area (Å²) in [6.07, 6.45) is 5.09. The fourth-order valence-corrected chi connectivity index (χ4v) is 3.03. The Morgan fingerprint density at radius 3 is 2.37 bits per heavy atom. The van der Waals surface area contributed by atoms with E-state index in [1.807, 2.05) is 0 Å². The van der Waals surface area contributed by atoms with E-state index in [-0.39, 0.29) is 0 Å². The SMILES string of the molecule is COc1c(NN)ncnc1NC1CC(C)CC(C)C1. The second-order valence-electron chi connectivity index (χ2n) is 5.51. The summed E-state index contributed by atoms with van der Waals surface area (Å²) in [5, 5.41) is 3.46. The number of nitrogens with one attached hydrogen (secondary N) is 2. The van der Waals surface area contributed by atoms with Gasteiger partial charge in [-0.05, 0) is 31.1 Å². The third-order valence-electron chi connectivity index (χ3n) is 3.66. The van der Waals surface area contributed by atoms with Crippen LogP contribution >= 0.6 is 0 Å². The molecule has 0 saturated heterocycles. The van der Waals surface area contributed by atoms with Gasteiger partial charge in [0, 0.05) is 6.04 Å². The number of ether oxygens (including phenoxy) is 1. The molecule has 0 bridgehead atoms. The number of methoxy groups -OCH3 is 1. The molecule has 0 spiro atoms. The van der Waals surface area contributed by atoms with Gasteiger partial charge in [-0.25, -0.2) is 15.8 Å². The van der Waals surface area contributed by atoms with E-state index < -0.39 is 0 Å². The van der Waals surface area contributed by atoms with Crippen molar-refractivity contribution in [3.63, 3.8) is 0 Å². The Kier molecular flexibility index (Phi) is 4.42. The second-order valence-corrected chi connectivity index (χ2v) is 5.51. The molecule has 0 aliphatic heterocycles. The lowest BCUT2D eigenvalue weighted by Gasteiger charge is -2.32. The predicted molar refractivity (Wildman–Crippen MR) is 76.0 cm³/mol. The maximum Gasteiger partial charge on any atom is 0.205 e. The summed E-state index contributed by atoms with van der Waals surface area (Å²) in [5.74, 6) is 8.67. The topological polar surface area (TPSA) is 85.1 Å². The van der Waals surface area contributed by atoms with Crippen LogP contribution in [0.4, 0.5) is 11.6 Å². The average molecular weight is 265 g/mol. The van der Waals surface area contributed by atoms with E-state index in [0.717, 1.165) is 24.7 Å². The number of hydrazine groups is 1. The molecular formula is C13H23N5O. The zero-order valence-electron chi connectivity index (χ0n) is 11.8. The quantitative estimate of drug-likeness (QED) is 0.570. The van der Waals surface area contributed by atoms with E-state index in [1.165, 1.54) is 12.7 Å². The van der Waals surface area contributed by atoms with Gasteiger partial charge in [-0.1, -0.05) is 13.8 Å². The monoisotopic (exact) mass is 265 g/mol. The minimum atomic E-state index is 0.424. The molecule has 1 aromatic rings. The van der Waals surface area contributed by atoms with Crippen molar-refractivity contribution in [1.29, 1.82) is 0 Å². The second kappa shape index (κ2) is 6.06. The van der Waals surface area contributed by atoms with Gasteiger partial charge in [-0.15, -0.1) is 0 Å². The Morgan fingerprint density at radius 1 is 1.16 bits per heavy atom. The molecule has 2 atom stereocenters. The van der Waals surface area contributed by atoms with Gasteiger partial charge in [0.25, 0.3) is 0 Å². The van der Waals surface area contributed by atoms with Crippen molar-refractivity contribution in [1.82, 2.24) is 9.97 Å². The van der Waals surface area contributed by atoms with Crippen LogP contribution in [0.2, 0.25) is 0 Å². The first-order chi connectivity index (χ1) is 9.13. The number of nitrogens with two attached hydrogens (primary N) is 1. The van der Waals surface area contributed by atoms with Crippen LogP contribution in [0.25, 0.3) is 0 Å². The highest BCUT2D eigenvalue weighted by Crippen LogP contribution is 2.33. The molecule has 0 radical (unpaired) electrons. The Balaban J connectivity index is 2.14. The van der Waals surface area contributed by atoms with Crippen LogP contribution in [0.15, 0.2) is 6.33 Å². The molecule has 1 heterocycles. The van der Waals surface area contributed by atoms with E-state index in [4.69, 9.17) is 10.6 Å². The summed E-state index contributed by atoms with van der Waals surface area (Å²) >= 11 is 0. The van der Waals surface area contributed by atoms with Crippen molar-refractivity contribution < 1.29 is 4.74 Å². The van der Waals surface area contributed by atoms with E-state index >= 15 is 0 Å². The molecular weight excluding hydrogens is 242 g/mol. The molecule has 1 aromatic heterocycles. The standard InChI is InChI=1S/C13H23N5O/c1-8-4-9(2)6-10(5-8)17-12-11(19-3)13(18-14)16-7-15-12/h7-10H,4-6,14H2,1-3H3,(H2,15,16,17,18). The molecule has 6 heteroatoms. The predicted octanol–water partition coefficient (Wildman–Crippen LogP) is 2.01. The van der Waals surface area contributed by atoms with Gasteiger partial charge >= 0.3 is 0 Å². The molecule has 19 heavy (non-hydrogen) atoms. The van der Waals surface area contributed by atoms with Gasteiger partial charge in [0.05, 0.1) is 7.11 Å². The maximum absolute atomic E-state index is 5.42. The first kappa shape index (κ1) is 13.9. The highest BCUT2D eigenvalue weighted by atomic mass is 16.5. The van der Waals surface area contributed by atoms with E-state index in [2.05, 4.69) is 34.6 Å². The zero-order chi connectivity index (χ0) is 13.8. The summed E-state index contributed by atoms with van der Waals surface area (Å²) in [6, 6.07) is 0.424. The van der Waals surface area contributed by atoms with Crippen LogP contribution in [0, 0.1) is 11.8 Å². The minimum Gasteiger partial charge on any atom is -0.490 e. The highest BCUT2D eigenvalue weighted by molar-refractivity contribution is 5.63. The van der Waals surface area contributed by atoms with Gasteiger partial charge in [-0.2, -0.15) is 0 Å². The van der Waals surface area contributed by atoms with Crippen LogP contribution in [0.1, 0.15) is 33.1 Å². The Labute approximate surface area is 114 Å². The van der Waals surface area contributed by atoms with Gasteiger partial charge in [0.2, 0.25) is 5.75 Å². The molecule has 1 aliphatic carbocycles. The van der Waals surface area contributed by atoms with Gasteiger partial charge < -0.3 is 15.5 Å². The van der Waals surface area contributed by atoms with Crippen molar-refractivity contribution in [2.75, 3.05) is 17.9 Å². The summed E-state index contributed by atoms with van der Waals surface area (Å²) in [5.41, 5.74) is 2.53. The van der Waals surface area contributed by atoms with Gasteiger partial charge in [0.1, 0.15) is 6.33 Å². The molecule has 4 N–H and O–H groups in total. The van der Waals surface area contributed by atoms with Crippen LogP contribution < -0.4 is 21.3 Å². The van der Waals surface area contributed by atoms with Crippen LogP contribution in [-0.4, -0.2) is 23.1 Å². The number of aromatic nitrogens is 2. The van der Waals surface area contributed by atoms with Crippen LogP contribution in [0.5, 0.6) is 5.75 Å². The first-order valence-electron chi connectivity index (χ1n) is 6.76. The van der Waals surface area contributed by atoms with Crippen LogP contribution in [0.3, 0.4) is 0 Å². The Morgan fingerprint density at radius 2 is 1.79 bits per heavy atom. The van der Waals surface area contributed by atoms with Gasteiger partial charge in [-0.3, -0.25) is 0 Å². The first-order valence-corrected chi connectivity index (χ1v) is 6.76. The number of nitrogens with zero attached hydrogens (tertiary/aromatic N) is 2. The zero-order valence-corrected chi connectivity index (χ0v) is 11.8. The number of hydrogen-bond donors (Lipinski definition) is 3. The summed E-state index contributed by atoms with van der Waals surface area (Å²) in [7, 11) is 1.59. The van der Waals surface area contributed by atoms with Crippen molar-refractivity contribution in [2.45, 2.75) is 39.2 Å². The lowest BCUT2D eigenvalue weighted by molar-refractivity contribution is 0.280. The Hall–Kier alpha value is -1.56. The van der Waals surface area contributed by atoms with Crippen molar-refractivity contribution in [3.05, 3.63) is 6.33 Å².